The van der Waals surface area contributed by atoms with Gasteiger partial charge >= 0.3 is 0 Å². The summed E-state index contributed by atoms with van der Waals surface area (Å²) in [5.74, 6) is 0.931. The molecular formula is C16H28N4O4. The zero-order valence-electron chi connectivity index (χ0n) is 14.3. The van der Waals surface area contributed by atoms with E-state index in [9.17, 15) is 10.0 Å². The molecule has 1 amide bonds. The summed E-state index contributed by atoms with van der Waals surface area (Å²) in [7, 11) is 0. The van der Waals surface area contributed by atoms with Gasteiger partial charge in [-0.1, -0.05) is 26.2 Å². The number of hydroxylamine groups is 2. The number of nitrogens with zero attached hydrogens (tertiary/aromatic N) is 3. The lowest BCUT2D eigenvalue weighted by molar-refractivity contribution is -0.151. The van der Waals surface area contributed by atoms with Crippen LogP contribution in [0.25, 0.3) is 0 Å². The number of nitrogens with one attached hydrogen (secondary N) is 1. The minimum atomic E-state index is -0.138. The molecule has 0 aromatic carbocycles. The maximum absolute atomic E-state index is 10.7. The van der Waals surface area contributed by atoms with Gasteiger partial charge in [-0.05, 0) is 12.8 Å². The second-order valence-electron chi connectivity index (χ2n) is 6.19. The average molecular weight is 340 g/mol. The van der Waals surface area contributed by atoms with Crippen LogP contribution in [-0.4, -0.2) is 59.2 Å². The van der Waals surface area contributed by atoms with Crippen LogP contribution in [0.2, 0.25) is 0 Å². The van der Waals surface area contributed by atoms with Crippen molar-refractivity contribution >= 4 is 6.41 Å². The highest BCUT2D eigenvalue weighted by Crippen LogP contribution is 2.23. The molecule has 2 heterocycles. The maximum Gasteiger partial charge on any atom is 0.233 e. The molecule has 0 spiro atoms. The number of morpholine rings is 1. The number of rotatable bonds is 11. The normalized spacial score (nSPS) is 19.2. The first-order valence-corrected chi connectivity index (χ1v) is 8.78. The Morgan fingerprint density at radius 2 is 2.33 bits per heavy atom. The lowest BCUT2D eigenvalue weighted by atomic mass is 10.0. The Morgan fingerprint density at radius 3 is 3.04 bits per heavy atom. The molecule has 8 nitrogen and oxygen atoms in total. The SMILES string of the molecule is CCCCC[C@H](CN(O)C=O)c1nnc(CCC2CNCCO2)o1. The summed E-state index contributed by atoms with van der Waals surface area (Å²) in [5, 5.41) is 21.6. The summed E-state index contributed by atoms with van der Waals surface area (Å²) in [6.07, 6.45) is 6.06. The van der Waals surface area contributed by atoms with Crippen molar-refractivity contribution in [2.75, 3.05) is 26.2 Å². The molecule has 1 saturated heterocycles. The van der Waals surface area contributed by atoms with Gasteiger partial charge in [0.15, 0.2) is 0 Å². The highest BCUT2D eigenvalue weighted by atomic mass is 16.5. The molecule has 0 aliphatic carbocycles. The first-order valence-electron chi connectivity index (χ1n) is 8.78. The Morgan fingerprint density at radius 1 is 1.46 bits per heavy atom. The van der Waals surface area contributed by atoms with Crippen molar-refractivity contribution in [3.63, 3.8) is 0 Å². The first kappa shape index (κ1) is 18.8. The van der Waals surface area contributed by atoms with Crippen molar-refractivity contribution in [2.24, 2.45) is 0 Å². The van der Waals surface area contributed by atoms with Gasteiger partial charge in [0.2, 0.25) is 18.2 Å². The predicted octanol–water partition coefficient (Wildman–Crippen LogP) is 1.50. The minimum Gasteiger partial charge on any atom is -0.425 e. The Balaban J connectivity index is 1.88. The van der Waals surface area contributed by atoms with Crippen LogP contribution < -0.4 is 5.32 Å². The molecule has 1 aromatic heterocycles. The molecule has 2 atom stereocenters. The molecule has 0 radical (unpaired) electrons. The minimum absolute atomic E-state index is 0.138. The van der Waals surface area contributed by atoms with Gasteiger partial charge in [0.05, 0.1) is 25.2 Å². The predicted molar refractivity (Wildman–Crippen MR) is 86.7 cm³/mol. The number of hydrogen-bond donors (Lipinski definition) is 2. The summed E-state index contributed by atoms with van der Waals surface area (Å²) in [6, 6.07) is 0. The first-order chi connectivity index (χ1) is 11.7. The zero-order chi connectivity index (χ0) is 17.2. The van der Waals surface area contributed by atoms with Crippen molar-refractivity contribution in [1.29, 1.82) is 0 Å². The lowest BCUT2D eigenvalue weighted by Crippen LogP contribution is -2.38. The highest BCUT2D eigenvalue weighted by molar-refractivity contribution is 5.44. The average Bonchev–Trinajstić information content (AvgIpc) is 3.09. The van der Waals surface area contributed by atoms with Crippen LogP contribution in [0.3, 0.4) is 0 Å². The van der Waals surface area contributed by atoms with E-state index in [1.54, 1.807) is 0 Å². The third kappa shape index (κ3) is 6.18. The number of unbranched alkanes of at least 4 members (excludes halogenated alkanes) is 2. The van der Waals surface area contributed by atoms with Crippen molar-refractivity contribution in [1.82, 2.24) is 20.6 Å². The van der Waals surface area contributed by atoms with E-state index in [2.05, 4.69) is 22.4 Å². The molecule has 1 aliphatic rings. The number of amides is 1. The smallest absolute Gasteiger partial charge is 0.233 e. The molecule has 1 aliphatic heterocycles. The second kappa shape index (κ2) is 10.4. The van der Waals surface area contributed by atoms with Crippen LogP contribution in [0.15, 0.2) is 4.42 Å². The fourth-order valence-electron chi connectivity index (χ4n) is 2.82. The largest absolute Gasteiger partial charge is 0.425 e. The molecule has 8 heteroatoms. The fraction of sp³-hybridized carbons (Fsp3) is 0.812. The summed E-state index contributed by atoms with van der Waals surface area (Å²) in [6.45, 7) is 4.78. The van der Waals surface area contributed by atoms with Gasteiger partial charge in [-0.2, -0.15) is 0 Å². The second-order valence-corrected chi connectivity index (χ2v) is 6.19. The van der Waals surface area contributed by atoms with Gasteiger partial charge < -0.3 is 14.5 Å². The van der Waals surface area contributed by atoms with E-state index >= 15 is 0 Å². The van der Waals surface area contributed by atoms with Gasteiger partial charge in [0.1, 0.15) is 0 Å². The molecular weight excluding hydrogens is 312 g/mol. The number of aryl methyl sites for hydroxylation is 1. The van der Waals surface area contributed by atoms with Gasteiger partial charge in [-0.15, -0.1) is 10.2 Å². The number of ether oxygens (including phenoxy) is 1. The van der Waals surface area contributed by atoms with E-state index in [0.29, 0.717) is 29.7 Å². The van der Waals surface area contributed by atoms with Gasteiger partial charge in [-0.25, -0.2) is 5.06 Å². The van der Waals surface area contributed by atoms with E-state index in [1.165, 1.54) is 0 Å². The molecule has 1 aromatic rings. The standard InChI is InChI=1S/C16H28N4O4/c1-2-3-4-5-13(11-20(22)12-21)16-19-18-15(24-16)7-6-14-10-17-8-9-23-14/h12-14,17,22H,2-11H2,1H3/t13-,14?/m1/s1. The van der Waals surface area contributed by atoms with Crippen LogP contribution in [0.5, 0.6) is 0 Å². The van der Waals surface area contributed by atoms with Crippen molar-refractivity contribution < 1.29 is 19.2 Å². The monoisotopic (exact) mass is 340 g/mol. The molecule has 0 bridgehead atoms. The van der Waals surface area contributed by atoms with E-state index in [-0.39, 0.29) is 18.6 Å². The number of carbonyl (C=O) groups is 1. The number of aromatic nitrogens is 2. The highest BCUT2D eigenvalue weighted by Gasteiger charge is 2.22. The summed E-state index contributed by atoms with van der Waals surface area (Å²) in [4.78, 5) is 10.7. The molecule has 2 rings (SSSR count). The van der Waals surface area contributed by atoms with Gasteiger partial charge in [0.25, 0.3) is 0 Å². The van der Waals surface area contributed by atoms with E-state index in [0.717, 1.165) is 51.8 Å². The third-order valence-corrected chi connectivity index (χ3v) is 4.20. The van der Waals surface area contributed by atoms with Gasteiger partial charge in [-0.3, -0.25) is 10.0 Å². The molecule has 1 unspecified atom stereocenters. The molecule has 0 saturated carbocycles. The van der Waals surface area contributed by atoms with Crippen LogP contribution >= 0.6 is 0 Å². The molecule has 24 heavy (non-hydrogen) atoms. The van der Waals surface area contributed by atoms with Crippen molar-refractivity contribution in [2.45, 2.75) is 57.5 Å². The van der Waals surface area contributed by atoms with Crippen molar-refractivity contribution in [3.05, 3.63) is 11.8 Å². The van der Waals surface area contributed by atoms with E-state index in [1.807, 2.05) is 0 Å². The van der Waals surface area contributed by atoms with Crippen LogP contribution in [0.1, 0.15) is 56.7 Å². The number of carbonyl (C=O) groups excluding carboxylic acids is 1. The fourth-order valence-corrected chi connectivity index (χ4v) is 2.82. The van der Waals surface area contributed by atoms with Crippen LogP contribution in [0.4, 0.5) is 0 Å². The Bertz CT molecular complexity index is 476. The van der Waals surface area contributed by atoms with Gasteiger partial charge in [0, 0.05) is 19.5 Å². The Hall–Kier alpha value is -1.51. The van der Waals surface area contributed by atoms with Crippen molar-refractivity contribution in [3.8, 4) is 0 Å². The quantitative estimate of drug-likeness (QED) is 0.272. The third-order valence-electron chi connectivity index (χ3n) is 4.20. The Labute approximate surface area is 142 Å². The van der Waals surface area contributed by atoms with E-state index < -0.39 is 0 Å². The van der Waals surface area contributed by atoms with Crippen LogP contribution in [0, 0.1) is 0 Å². The Kier molecular flexibility index (Phi) is 8.14. The zero-order valence-corrected chi connectivity index (χ0v) is 14.3. The molecule has 136 valence electrons. The van der Waals surface area contributed by atoms with Crippen LogP contribution in [-0.2, 0) is 16.0 Å². The van der Waals surface area contributed by atoms with E-state index in [4.69, 9.17) is 9.15 Å². The summed E-state index contributed by atoms with van der Waals surface area (Å²) < 4.78 is 11.4. The number of hydrogen-bond acceptors (Lipinski definition) is 7. The molecule has 1 fully saturated rings. The summed E-state index contributed by atoms with van der Waals surface area (Å²) in [5.41, 5.74) is 0. The topological polar surface area (TPSA) is 101 Å². The molecule has 2 N–H and O–H groups in total. The lowest BCUT2D eigenvalue weighted by Gasteiger charge is -2.22. The summed E-state index contributed by atoms with van der Waals surface area (Å²) >= 11 is 0. The maximum atomic E-state index is 10.7.